The molecule has 1 aromatic heterocycles. The second kappa shape index (κ2) is 7.27. The van der Waals surface area contributed by atoms with Crippen LogP contribution in [0.1, 0.15) is 0 Å². The van der Waals surface area contributed by atoms with Crippen molar-refractivity contribution in [1.82, 2.24) is 9.78 Å². The Labute approximate surface area is 147 Å². The molecule has 0 fully saturated rings. The fraction of sp³-hybridized carbons (Fsp3) is 0.0556. The van der Waals surface area contributed by atoms with Crippen LogP contribution in [0, 0.1) is 5.82 Å². The van der Waals surface area contributed by atoms with E-state index in [1.165, 1.54) is 24.3 Å². The number of benzene rings is 2. The summed E-state index contributed by atoms with van der Waals surface area (Å²) in [5.74, 6) is -0.796. The molecule has 0 saturated heterocycles. The van der Waals surface area contributed by atoms with Gasteiger partial charge in [0.1, 0.15) is 12.4 Å². The smallest absolute Gasteiger partial charge is 0.267 e. The van der Waals surface area contributed by atoms with Crippen LogP contribution in [-0.4, -0.2) is 15.7 Å². The fourth-order valence-corrected chi connectivity index (χ4v) is 2.41. The molecule has 1 heterocycles. The van der Waals surface area contributed by atoms with Gasteiger partial charge in [-0.15, -0.1) is 0 Å². The lowest BCUT2D eigenvalue weighted by Gasteiger charge is -2.09. The summed E-state index contributed by atoms with van der Waals surface area (Å²) in [6, 6.07) is 15.3. The van der Waals surface area contributed by atoms with Gasteiger partial charge in [0.25, 0.3) is 5.56 Å². The van der Waals surface area contributed by atoms with Crippen LogP contribution >= 0.6 is 11.6 Å². The number of hydrogen-bond acceptors (Lipinski definition) is 3. The van der Waals surface area contributed by atoms with Crippen molar-refractivity contribution in [2.24, 2.45) is 0 Å². The number of nitrogens with zero attached hydrogens (tertiary/aromatic N) is 2. The highest BCUT2D eigenvalue weighted by Gasteiger charge is 2.10. The molecule has 0 atom stereocenters. The van der Waals surface area contributed by atoms with E-state index in [4.69, 9.17) is 11.6 Å². The van der Waals surface area contributed by atoms with E-state index in [1.807, 2.05) is 0 Å². The van der Waals surface area contributed by atoms with Gasteiger partial charge >= 0.3 is 0 Å². The SMILES string of the molecule is O=C(Cn1nc(-c2ccc(F)cc2)ccc1=O)Nc1ccccc1Cl. The maximum Gasteiger partial charge on any atom is 0.267 e. The number of hydrogen-bond donors (Lipinski definition) is 1. The van der Waals surface area contributed by atoms with Crippen molar-refractivity contribution in [3.05, 3.63) is 81.9 Å². The molecule has 0 bridgehead atoms. The molecule has 0 aliphatic rings. The van der Waals surface area contributed by atoms with Crippen LogP contribution in [0.4, 0.5) is 10.1 Å². The Bertz CT molecular complexity index is 971. The lowest BCUT2D eigenvalue weighted by molar-refractivity contribution is -0.117. The molecule has 25 heavy (non-hydrogen) atoms. The highest BCUT2D eigenvalue weighted by molar-refractivity contribution is 6.33. The maximum atomic E-state index is 13.0. The number of para-hydroxylation sites is 1. The van der Waals surface area contributed by atoms with E-state index in [0.717, 1.165) is 4.68 Å². The second-order valence-corrected chi connectivity index (χ2v) is 5.66. The monoisotopic (exact) mass is 357 g/mol. The van der Waals surface area contributed by atoms with Gasteiger partial charge < -0.3 is 5.32 Å². The molecule has 2 aromatic carbocycles. The van der Waals surface area contributed by atoms with Gasteiger partial charge in [-0.05, 0) is 42.5 Å². The van der Waals surface area contributed by atoms with Crippen LogP contribution in [0.15, 0.2) is 65.5 Å². The van der Waals surface area contributed by atoms with E-state index in [-0.39, 0.29) is 12.4 Å². The first kappa shape index (κ1) is 16.9. The first-order valence-electron chi connectivity index (χ1n) is 7.41. The Morgan fingerprint density at radius 1 is 1.08 bits per heavy atom. The third-order valence-electron chi connectivity index (χ3n) is 3.45. The van der Waals surface area contributed by atoms with Crippen molar-refractivity contribution in [2.45, 2.75) is 6.54 Å². The zero-order valence-electron chi connectivity index (χ0n) is 12.9. The third-order valence-corrected chi connectivity index (χ3v) is 3.78. The Hall–Kier alpha value is -2.99. The molecule has 0 radical (unpaired) electrons. The first-order chi connectivity index (χ1) is 12.0. The Morgan fingerprint density at radius 2 is 1.80 bits per heavy atom. The number of nitrogens with one attached hydrogen (secondary N) is 1. The molecule has 5 nitrogen and oxygen atoms in total. The molecule has 7 heteroatoms. The topological polar surface area (TPSA) is 64.0 Å². The van der Waals surface area contributed by atoms with Crippen molar-refractivity contribution in [3.63, 3.8) is 0 Å². The molecule has 0 aliphatic heterocycles. The van der Waals surface area contributed by atoms with Crippen LogP contribution < -0.4 is 10.9 Å². The summed E-state index contributed by atoms with van der Waals surface area (Å²) >= 11 is 5.99. The van der Waals surface area contributed by atoms with Gasteiger partial charge in [0, 0.05) is 11.6 Å². The number of amides is 1. The summed E-state index contributed by atoms with van der Waals surface area (Å²) in [7, 11) is 0. The van der Waals surface area contributed by atoms with Gasteiger partial charge in [0.15, 0.2) is 0 Å². The van der Waals surface area contributed by atoms with Crippen molar-refractivity contribution in [1.29, 1.82) is 0 Å². The van der Waals surface area contributed by atoms with E-state index in [0.29, 0.717) is 22.0 Å². The van der Waals surface area contributed by atoms with Crippen LogP contribution in [0.25, 0.3) is 11.3 Å². The van der Waals surface area contributed by atoms with E-state index in [9.17, 15) is 14.0 Å². The van der Waals surface area contributed by atoms with E-state index in [2.05, 4.69) is 10.4 Å². The predicted molar refractivity (Wildman–Crippen MR) is 94.0 cm³/mol. The highest BCUT2D eigenvalue weighted by atomic mass is 35.5. The summed E-state index contributed by atoms with van der Waals surface area (Å²) in [5, 5.41) is 7.20. The van der Waals surface area contributed by atoms with E-state index >= 15 is 0 Å². The van der Waals surface area contributed by atoms with Gasteiger partial charge in [0.2, 0.25) is 5.91 Å². The van der Waals surface area contributed by atoms with Gasteiger partial charge in [-0.25, -0.2) is 9.07 Å². The van der Waals surface area contributed by atoms with Crippen LogP contribution in [0.2, 0.25) is 5.02 Å². The minimum Gasteiger partial charge on any atom is -0.323 e. The Balaban J connectivity index is 1.81. The molecule has 0 aliphatic carbocycles. The van der Waals surface area contributed by atoms with Crippen molar-refractivity contribution in [2.75, 3.05) is 5.32 Å². The molecule has 3 rings (SSSR count). The zero-order valence-corrected chi connectivity index (χ0v) is 13.7. The minimum atomic E-state index is -0.432. The van der Waals surface area contributed by atoms with Crippen LogP contribution in [0.3, 0.4) is 0 Å². The molecule has 1 amide bonds. The molecular weight excluding hydrogens is 345 g/mol. The lowest BCUT2D eigenvalue weighted by Crippen LogP contribution is -2.29. The fourth-order valence-electron chi connectivity index (χ4n) is 2.23. The quantitative estimate of drug-likeness (QED) is 0.778. The molecule has 0 saturated carbocycles. The van der Waals surface area contributed by atoms with Gasteiger partial charge in [0.05, 0.1) is 16.4 Å². The number of halogens is 2. The van der Waals surface area contributed by atoms with Gasteiger partial charge in [-0.3, -0.25) is 9.59 Å². The number of carbonyl (C=O) groups excluding carboxylic acids is 1. The molecule has 1 N–H and O–H groups in total. The summed E-state index contributed by atoms with van der Waals surface area (Å²) < 4.78 is 14.1. The highest BCUT2D eigenvalue weighted by Crippen LogP contribution is 2.20. The summed E-state index contributed by atoms with van der Waals surface area (Å²) in [6.45, 7) is -0.265. The van der Waals surface area contributed by atoms with Crippen LogP contribution in [0.5, 0.6) is 0 Å². The summed E-state index contributed by atoms with van der Waals surface area (Å²) in [6.07, 6.45) is 0. The van der Waals surface area contributed by atoms with Crippen molar-refractivity contribution in [3.8, 4) is 11.3 Å². The molecule has 126 valence electrons. The molecule has 0 unspecified atom stereocenters. The Morgan fingerprint density at radius 3 is 2.52 bits per heavy atom. The van der Waals surface area contributed by atoms with Crippen molar-refractivity contribution < 1.29 is 9.18 Å². The first-order valence-corrected chi connectivity index (χ1v) is 7.79. The van der Waals surface area contributed by atoms with E-state index in [1.54, 1.807) is 36.4 Å². The van der Waals surface area contributed by atoms with Gasteiger partial charge in [-0.2, -0.15) is 5.10 Å². The Kier molecular flexibility index (Phi) is 4.90. The lowest BCUT2D eigenvalue weighted by atomic mass is 10.1. The van der Waals surface area contributed by atoms with Gasteiger partial charge in [-0.1, -0.05) is 23.7 Å². The van der Waals surface area contributed by atoms with Crippen molar-refractivity contribution >= 4 is 23.2 Å². The summed E-state index contributed by atoms with van der Waals surface area (Å²) in [4.78, 5) is 24.1. The number of anilines is 1. The summed E-state index contributed by atoms with van der Waals surface area (Å²) in [5.41, 5.74) is 1.14. The average molecular weight is 358 g/mol. The molecule has 3 aromatic rings. The normalized spacial score (nSPS) is 10.5. The average Bonchev–Trinajstić information content (AvgIpc) is 2.60. The van der Waals surface area contributed by atoms with E-state index < -0.39 is 11.5 Å². The predicted octanol–water partition coefficient (Wildman–Crippen LogP) is 3.34. The number of carbonyl (C=O) groups is 1. The third kappa shape index (κ3) is 4.10. The van der Waals surface area contributed by atoms with Crippen LogP contribution in [-0.2, 0) is 11.3 Å². The molecular formula is C18H13ClFN3O2. The second-order valence-electron chi connectivity index (χ2n) is 5.25. The number of aromatic nitrogens is 2. The zero-order chi connectivity index (χ0) is 17.8. The molecule has 0 spiro atoms. The maximum absolute atomic E-state index is 13.0. The number of rotatable bonds is 4. The minimum absolute atomic E-state index is 0.265. The largest absolute Gasteiger partial charge is 0.323 e. The standard InChI is InChI=1S/C18H13ClFN3O2/c19-14-3-1-2-4-16(14)21-17(24)11-23-18(25)10-9-15(22-23)12-5-7-13(20)8-6-12/h1-10H,11H2,(H,21,24).